The van der Waals surface area contributed by atoms with Gasteiger partial charge in [0.05, 0.1) is 7.11 Å². The largest absolute Gasteiger partial charge is 0.473 e. The Morgan fingerprint density at radius 3 is 1.82 bits per heavy atom. The number of rotatable bonds is 5. The number of anilines is 1. The van der Waals surface area contributed by atoms with Crippen LogP contribution in [0.2, 0.25) is 0 Å². The Hall–Kier alpha value is -3.72. The van der Waals surface area contributed by atoms with Crippen molar-refractivity contribution in [2.75, 3.05) is 25.1 Å². The van der Waals surface area contributed by atoms with Crippen molar-refractivity contribution in [3.63, 3.8) is 0 Å². The average Bonchev–Trinajstić information content (AvgIpc) is 2.81. The molecule has 0 unspecified atom stereocenters. The topological polar surface area (TPSA) is 124 Å². The number of amides is 1. The van der Waals surface area contributed by atoms with Crippen molar-refractivity contribution >= 4 is 29.5 Å². The monoisotopic (exact) mass is 456 g/mol. The van der Waals surface area contributed by atoms with E-state index in [0.29, 0.717) is 12.8 Å². The molecule has 0 aromatic heterocycles. The van der Waals surface area contributed by atoms with E-state index in [1.165, 1.54) is 19.6 Å². The molecule has 3 rings (SSSR count). The van der Waals surface area contributed by atoms with Gasteiger partial charge in [0, 0.05) is 32.2 Å². The molecule has 1 aliphatic heterocycles. The van der Waals surface area contributed by atoms with Crippen LogP contribution in [-0.4, -0.2) is 64.7 Å². The molecule has 1 heterocycles. The summed E-state index contributed by atoms with van der Waals surface area (Å²) in [5, 5.41) is 14.8. The zero-order valence-corrected chi connectivity index (χ0v) is 18.6. The lowest BCUT2D eigenvalue weighted by Gasteiger charge is -2.46. The van der Waals surface area contributed by atoms with Gasteiger partial charge in [0.1, 0.15) is 5.54 Å². The number of carbonyl (C=O) groups excluding carboxylic acids is 2. The molecule has 1 saturated heterocycles. The Labute approximate surface area is 192 Å². The van der Waals surface area contributed by atoms with Crippen LogP contribution < -0.4 is 4.90 Å². The predicted octanol–water partition coefficient (Wildman–Crippen LogP) is 2.40. The van der Waals surface area contributed by atoms with Crippen LogP contribution in [0, 0.1) is 0 Å². The number of ether oxygens (including phenoxy) is 1. The maximum atomic E-state index is 12.8. The number of benzene rings is 2. The summed E-state index contributed by atoms with van der Waals surface area (Å²) >= 11 is 0. The summed E-state index contributed by atoms with van der Waals surface area (Å²) in [5.74, 6) is -4.14. The van der Waals surface area contributed by atoms with Crippen LogP contribution in [0.3, 0.4) is 0 Å². The van der Waals surface area contributed by atoms with E-state index in [0.717, 1.165) is 25.3 Å². The molecule has 0 radical (unpaired) electrons. The van der Waals surface area contributed by atoms with E-state index in [1.54, 1.807) is 4.90 Å². The molecular weight excluding hydrogens is 428 g/mol. The molecule has 2 N–H and O–H groups in total. The molecule has 1 fully saturated rings. The first kappa shape index (κ1) is 25.5. The SMILES string of the molecule is COC(=O)C1(N(C(C)=O)c2ccccc2)CCN(Cc2ccccc2)CC1.O=C(O)C(=O)O. The highest BCUT2D eigenvalue weighted by atomic mass is 16.5. The van der Waals surface area contributed by atoms with Crippen molar-refractivity contribution in [2.24, 2.45) is 0 Å². The van der Waals surface area contributed by atoms with E-state index in [-0.39, 0.29) is 11.9 Å². The molecule has 0 bridgehead atoms. The van der Waals surface area contributed by atoms with E-state index in [9.17, 15) is 9.59 Å². The van der Waals surface area contributed by atoms with Crippen LogP contribution in [0.5, 0.6) is 0 Å². The van der Waals surface area contributed by atoms with Crippen molar-refractivity contribution in [3.8, 4) is 0 Å². The summed E-state index contributed by atoms with van der Waals surface area (Å²) in [6.45, 7) is 3.79. The van der Waals surface area contributed by atoms with Crippen molar-refractivity contribution in [1.29, 1.82) is 0 Å². The van der Waals surface area contributed by atoms with Crippen LogP contribution in [-0.2, 0) is 30.5 Å². The van der Waals surface area contributed by atoms with E-state index in [1.807, 2.05) is 48.5 Å². The Kier molecular flexibility index (Phi) is 9.11. The van der Waals surface area contributed by atoms with Gasteiger partial charge < -0.3 is 14.9 Å². The van der Waals surface area contributed by atoms with Crippen LogP contribution in [0.1, 0.15) is 25.3 Å². The third kappa shape index (κ3) is 6.63. The number of carboxylic acid groups (broad SMARTS) is 2. The Bertz CT molecular complexity index is 943. The van der Waals surface area contributed by atoms with Gasteiger partial charge in [0.25, 0.3) is 0 Å². The van der Waals surface area contributed by atoms with Gasteiger partial charge in [-0.3, -0.25) is 14.6 Å². The number of piperidine rings is 1. The first-order valence-electron chi connectivity index (χ1n) is 10.4. The molecule has 0 saturated carbocycles. The fourth-order valence-corrected chi connectivity index (χ4v) is 3.94. The maximum absolute atomic E-state index is 12.8. The molecule has 2 aromatic rings. The Balaban J connectivity index is 0.000000569. The number of carbonyl (C=O) groups is 4. The second kappa shape index (κ2) is 11.8. The number of nitrogens with zero attached hydrogens (tertiary/aromatic N) is 2. The van der Waals surface area contributed by atoms with Gasteiger partial charge in [0.2, 0.25) is 5.91 Å². The predicted molar refractivity (Wildman–Crippen MR) is 121 cm³/mol. The van der Waals surface area contributed by atoms with Crippen LogP contribution in [0.25, 0.3) is 0 Å². The van der Waals surface area contributed by atoms with Gasteiger partial charge in [-0.25, -0.2) is 14.4 Å². The fraction of sp³-hybridized carbons (Fsp3) is 0.333. The number of para-hydroxylation sites is 1. The maximum Gasteiger partial charge on any atom is 0.414 e. The fourth-order valence-electron chi connectivity index (χ4n) is 3.94. The third-order valence-electron chi connectivity index (χ3n) is 5.44. The summed E-state index contributed by atoms with van der Waals surface area (Å²) in [6.07, 6.45) is 1.09. The molecule has 9 nitrogen and oxygen atoms in total. The molecule has 33 heavy (non-hydrogen) atoms. The van der Waals surface area contributed by atoms with Crippen molar-refractivity contribution in [1.82, 2.24) is 4.90 Å². The smallest absolute Gasteiger partial charge is 0.414 e. The average molecular weight is 456 g/mol. The summed E-state index contributed by atoms with van der Waals surface area (Å²) in [4.78, 5) is 47.5. The molecule has 9 heteroatoms. The number of hydrogen-bond acceptors (Lipinski definition) is 6. The first-order valence-corrected chi connectivity index (χ1v) is 10.4. The van der Waals surface area contributed by atoms with E-state index < -0.39 is 17.5 Å². The number of carboxylic acids is 2. The summed E-state index contributed by atoms with van der Waals surface area (Å²) in [5.41, 5.74) is 1.01. The van der Waals surface area contributed by atoms with Crippen LogP contribution in [0.15, 0.2) is 60.7 Å². The van der Waals surface area contributed by atoms with Gasteiger partial charge in [-0.15, -0.1) is 0 Å². The van der Waals surface area contributed by atoms with Gasteiger partial charge in [-0.2, -0.15) is 0 Å². The molecule has 0 aliphatic carbocycles. The minimum atomic E-state index is -1.82. The summed E-state index contributed by atoms with van der Waals surface area (Å²) < 4.78 is 5.15. The second-order valence-corrected chi connectivity index (χ2v) is 7.59. The van der Waals surface area contributed by atoms with E-state index >= 15 is 0 Å². The zero-order chi connectivity index (χ0) is 24.4. The lowest BCUT2D eigenvalue weighted by atomic mass is 9.84. The van der Waals surface area contributed by atoms with Crippen molar-refractivity contribution < 1.29 is 34.1 Å². The molecule has 0 spiro atoms. The molecule has 0 atom stereocenters. The van der Waals surface area contributed by atoms with Gasteiger partial charge >= 0.3 is 17.9 Å². The van der Waals surface area contributed by atoms with Crippen molar-refractivity contribution in [2.45, 2.75) is 31.8 Å². The highest BCUT2D eigenvalue weighted by Gasteiger charge is 2.49. The molecule has 2 aromatic carbocycles. The van der Waals surface area contributed by atoms with Crippen LogP contribution in [0.4, 0.5) is 5.69 Å². The normalized spacial score (nSPS) is 14.8. The molecule has 1 amide bonds. The highest BCUT2D eigenvalue weighted by molar-refractivity contribution is 6.27. The number of esters is 1. The van der Waals surface area contributed by atoms with Crippen molar-refractivity contribution in [3.05, 3.63) is 66.2 Å². The Morgan fingerprint density at radius 2 is 1.39 bits per heavy atom. The lowest BCUT2D eigenvalue weighted by Crippen LogP contribution is -2.62. The first-order chi connectivity index (χ1) is 15.7. The highest BCUT2D eigenvalue weighted by Crippen LogP contribution is 2.35. The van der Waals surface area contributed by atoms with Crippen LogP contribution >= 0.6 is 0 Å². The van der Waals surface area contributed by atoms with E-state index in [2.05, 4.69) is 17.0 Å². The third-order valence-corrected chi connectivity index (χ3v) is 5.44. The Morgan fingerprint density at radius 1 is 0.909 bits per heavy atom. The van der Waals surface area contributed by atoms with Gasteiger partial charge in [-0.05, 0) is 30.5 Å². The molecule has 176 valence electrons. The second-order valence-electron chi connectivity index (χ2n) is 7.59. The number of aliphatic carboxylic acids is 2. The number of likely N-dealkylation sites (tertiary alicyclic amines) is 1. The minimum Gasteiger partial charge on any atom is -0.473 e. The molecule has 1 aliphatic rings. The minimum absolute atomic E-state index is 0.150. The standard InChI is InChI=1S/C22H26N2O3.C2H2O4/c1-18(25)24(20-11-7-4-8-12-20)22(21(26)27-2)13-15-23(16-14-22)17-19-9-5-3-6-10-19;3-1(4)2(5)6/h3-12H,13-17H2,1-2H3;(H,3,4)(H,5,6). The van der Waals surface area contributed by atoms with E-state index in [4.69, 9.17) is 24.5 Å². The van der Waals surface area contributed by atoms with Gasteiger partial charge in [-0.1, -0.05) is 48.5 Å². The zero-order valence-electron chi connectivity index (χ0n) is 18.6. The van der Waals surface area contributed by atoms with Gasteiger partial charge in [0.15, 0.2) is 0 Å². The molecular formula is C24H28N2O7. The number of methoxy groups -OCH3 is 1. The summed E-state index contributed by atoms with van der Waals surface area (Å²) in [7, 11) is 1.39. The lowest BCUT2D eigenvalue weighted by molar-refractivity contribution is -0.159. The number of hydrogen-bond donors (Lipinski definition) is 2. The quantitative estimate of drug-likeness (QED) is 0.519. The summed E-state index contributed by atoms with van der Waals surface area (Å²) in [6, 6.07) is 19.7.